The molecular formula is C32H30F3N3O. The van der Waals surface area contributed by atoms with Crippen LogP contribution in [0.3, 0.4) is 0 Å². The number of hydrogen-bond acceptors (Lipinski definition) is 3. The molecule has 2 heterocycles. The van der Waals surface area contributed by atoms with Gasteiger partial charge in [0, 0.05) is 18.8 Å². The van der Waals surface area contributed by atoms with Gasteiger partial charge in [-0.25, -0.2) is 4.98 Å². The summed E-state index contributed by atoms with van der Waals surface area (Å²) in [6, 6.07) is 18.1. The average molecular weight is 530 g/mol. The van der Waals surface area contributed by atoms with Crippen molar-refractivity contribution >= 4 is 32.9 Å². The fourth-order valence-electron chi connectivity index (χ4n) is 6.11. The van der Waals surface area contributed by atoms with Gasteiger partial charge in [0.15, 0.2) is 0 Å². The van der Waals surface area contributed by atoms with Crippen molar-refractivity contribution in [3.8, 4) is 0 Å². The van der Waals surface area contributed by atoms with Gasteiger partial charge in [0.2, 0.25) is 0 Å². The maximum Gasteiger partial charge on any atom is 0.391 e. The quantitative estimate of drug-likeness (QED) is 0.276. The second kappa shape index (κ2) is 10.4. The minimum Gasteiger partial charge on any atom is -0.371 e. The number of nitrogens with one attached hydrogen (secondary N) is 1. The van der Waals surface area contributed by atoms with Crippen LogP contribution in [0, 0.1) is 5.92 Å². The number of nitrogens with zero attached hydrogens (tertiary/aromatic N) is 2. The molecular weight excluding hydrogens is 499 g/mol. The van der Waals surface area contributed by atoms with E-state index in [2.05, 4.69) is 57.4 Å². The number of anilines is 1. The molecule has 7 heteroatoms. The highest BCUT2D eigenvalue weighted by Gasteiger charge is 2.41. The molecule has 1 saturated heterocycles. The number of halogens is 3. The predicted octanol–water partition coefficient (Wildman–Crippen LogP) is 7.59. The summed E-state index contributed by atoms with van der Waals surface area (Å²) < 4.78 is 38.8. The zero-order valence-electron chi connectivity index (χ0n) is 21.6. The summed E-state index contributed by atoms with van der Waals surface area (Å²) in [5.41, 5.74) is 7.47. The van der Waals surface area contributed by atoms with Crippen LogP contribution in [-0.2, 0) is 6.42 Å². The third-order valence-electron chi connectivity index (χ3n) is 8.23. The fourth-order valence-corrected chi connectivity index (χ4v) is 6.11. The van der Waals surface area contributed by atoms with Gasteiger partial charge in [0.25, 0.3) is 5.56 Å². The Morgan fingerprint density at radius 2 is 1.74 bits per heavy atom. The van der Waals surface area contributed by atoms with Crippen LogP contribution in [0.1, 0.15) is 43.2 Å². The van der Waals surface area contributed by atoms with Crippen LogP contribution in [-0.4, -0.2) is 29.2 Å². The van der Waals surface area contributed by atoms with Crippen LogP contribution in [0.4, 0.5) is 18.9 Å². The van der Waals surface area contributed by atoms with Crippen molar-refractivity contribution in [1.29, 1.82) is 0 Å². The van der Waals surface area contributed by atoms with Gasteiger partial charge in [-0.3, -0.25) is 4.79 Å². The molecule has 4 nitrogen and oxygen atoms in total. The summed E-state index contributed by atoms with van der Waals surface area (Å²) in [6.07, 6.45) is 6.82. The zero-order chi connectivity index (χ0) is 27.0. The van der Waals surface area contributed by atoms with Gasteiger partial charge in [-0.15, -0.1) is 0 Å². The second-order valence-corrected chi connectivity index (χ2v) is 10.5. The molecule has 1 aliphatic heterocycles. The van der Waals surface area contributed by atoms with Gasteiger partial charge in [0.1, 0.15) is 0 Å². The summed E-state index contributed by atoms with van der Waals surface area (Å²) in [5.74, 6) is -1.15. The summed E-state index contributed by atoms with van der Waals surface area (Å²) in [4.78, 5) is 19.7. The van der Waals surface area contributed by atoms with E-state index in [1.54, 1.807) is 11.6 Å². The lowest BCUT2D eigenvalue weighted by Gasteiger charge is -2.34. The van der Waals surface area contributed by atoms with Crippen molar-refractivity contribution in [2.75, 3.05) is 18.0 Å². The van der Waals surface area contributed by atoms with E-state index in [4.69, 9.17) is 0 Å². The van der Waals surface area contributed by atoms with Crippen molar-refractivity contribution in [2.45, 2.75) is 44.7 Å². The standard InChI is InChI=1S/C24H24F3N.C8H6N2O/c25-24(26,27)18-11-13-28(14-12-18)19-7-10-21-17(15-19)6-9-22-20-4-2-1-3-16(20)5-8-23(21)22;11-8-6-3-1-2-4-7(6)9-5-10-8/h2,4,6-7,9-10,15,18H,1,3,5,8,11-14H2;1-5H,(H,9,10,11). The molecule has 0 atom stereocenters. The van der Waals surface area contributed by atoms with E-state index < -0.39 is 12.1 Å². The van der Waals surface area contributed by atoms with E-state index in [1.165, 1.54) is 40.2 Å². The van der Waals surface area contributed by atoms with E-state index in [1.807, 2.05) is 18.2 Å². The normalized spacial score (nSPS) is 17.6. The van der Waals surface area contributed by atoms with Crippen molar-refractivity contribution in [3.05, 3.63) is 100 Å². The van der Waals surface area contributed by atoms with Crippen LogP contribution >= 0.6 is 0 Å². The number of aromatic nitrogens is 2. The van der Waals surface area contributed by atoms with E-state index in [0.717, 1.165) is 30.5 Å². The van der Waals surface area contributed by atoms with Gasteiger partial charge < -0.3 is 9.88 Å². The molecule has 2 aliphatic carbocycles. The smallest absolute Gasteiger partial charge is 0.371 e. The minimum atomic E-state index is -4.06. The van der Waals surface area contributed by atoms with Crippen LogP contribution in [0.5, 0.6) is 0 Å². The van der Waals surface area contributed by atoms with Crippen molar-refractivity contribution in [3.63, 3.8) is 0 Å². The largest absolute Gasteiger partial charge is 0.391 e. The lowest BCUT2D eigenvalue weighted by Crippen LogP contribution is -2.38. The first kappa shape index (κ1) is 25.4. The third-order valence-corrected chi connectivity index (χ3v) is 8.23. The first-order valence-electron chi connectivity index (χ1n) is 13.6. The molecule has 1 N–H and O–H groups in total. The molecule has 0 saturated carbocycles. The highest BCUT2D eigenvalue weighted by atomic mass is 19.4. The minimum absolute atomic E-state index is 0.0874. The maximum absolute atomic E-state index is 12.9. The Morgan fingerprint density at radius 3 is 2.54 bits per heavy atom. The molecule has 1 aromatic heterocycles. The Bertz CT molecular complexity index is 1640. The molecule has 1 fully saturated rings. The topological polar surface area (TPSA) is 49.0 Å². The number of piperidine rings is 1. The average Bonchev–Trinajstić information content (AvgIpc) is 2.97. The third kappa shape index (κ3) is 5.10. The van der Waals surface area contributed by atoms with E-state index in [-0.39, 0.29) is 18.4 Å². The maximum atomic E-state index is 12.9. The molecule has 0 bridgehead atoms. The fraction of sp³-hybridized carbons (Fsp3) is 0.312. The van der Waals surface area contributed by atoms with Gasteiger partial charge in [-0.05, 0) is 90.3 Å². The SMILES string of the molecule is FC(F)(F)C1CCN(c2ccc3c4c(ccc3c2)C2=C(CCC=C2)CC4)CC1.O=c1[nH]cnc2ccccc12. The van der Waals surface area contributed by atoms with E-state index >= 15 is 0 Å². The number of alkyl halides is 3. The van der Waals surface area contributed by atoms with Crippen LogP contribution in [0.25, 0.3) is 27.2 Å². The number of allylic oxidation sites excluding steroid dienone is 4. The highest BCUT2D eigenvalue weighted by molar-refractivity contribution is 5.95. The number of fused-ring (bicyclic) bond motifs is 5. The molecule has 3 aromatic carbocycles. The molecule has 0 unspecified atom stereocenters. The Labute approximate surface area is 224 Å². The lowest BCUT2D eigenvalue weighted by molar-refractivity contribution is -0.179. The molecule has 4 aromatic rings. The molecule has 39 heavy (non-hydrogen) atoms. The molecule has 7 rings (SSSR count). The monoisotopic (exact) mass is 529 g/mol. The summed E-state index contributed by atoms with van der Waals surface area (Å²) in [5, 5.41) is 3.12. The Balaban J connectivity index is 0.000000210. The molecule has 200 valence electrons. The van der Waals surface area contributed by atoms with Gasteiger partial charge >= 0.3 is 6.18 Å². The van der Waals surface area contributed by atoms with E-state index in [9.17, 15) is 18.0 Å². The number of hydrogen-bond donors (Lipinski definition) is 1. The molecule has 3 aliphatic rings. The van der Waals surface area contributed by atoms with Crippen LogP contribution in [0.2, 0.25) is 0 Å². The van der Waals surface area contributed by atoms with E-state index in [0.29, 0.717) is 18.5 Å². The summed E-state index contributed by atoms with van der Waals surface area (Å²) in [6.45, 7) is 0.948. The summed E-state index contributed by atoms with van der Waals surface area (Å²) >= 11 is 0. The number of aromatic amines is 1. The Morgan fingerprint density at radius 1 is 0.923 bits per heavy atom. The first-order valence-corrected chi connectivity index (χ1v) is 13.6. The zero-order valence-corrected chi connectivity index (χ0v) is 21.6. The van der Waals surface area contributed by atoms with Crippen LogP contribution in [0.15, 0.2) is 83.4 Å². The predicted molar refractivity (Wildman–Crippen MR) is 151 cm³/mol. The number of benzene rings is 3. The van der Waals surface area contributed by atoms with Gasteiger partial charge in [-0.1, -0.05) is 48.1 Å². The number of para-hydroxylation sites is 1. The summed E-state index contributed by atoms with van der Waals surface area (Å²) in [7, 11) is 0. The van der Waals surface area contributed by atoms with Gasteiger partial charge in [-0.2, -0.15) is 13.2 Å². The van der Waals surface area contributed by atoms with Gasteiger partial charge in [0.05, 0.1) is 23.1 Å². The second-order valence-electron chi connectivity index (χ2n) is 10.5. The molecule has 0 spiro atoms. The Kier molecular flexibility index (Phi) is 6.75. The van der Waals surface area contributed by atoms with Crippen molar-refractivity contribution in [1.82, 2.24) is 9.97 Å². The van der Waals surface area contributed by atoms with Crippen LogP contribution < -0.4 is 10.5 Å². The highest BCUT2D eigenvalue weighted by Crippen LogP contribution is 2.41. The lowest BCUT2D eigenvalue weighted by atomic mass is 9.79. The van der Waals surface area contributed by atoms with Crippen molar-refractivity contribution in [2.24, 2.45) is 5.92 Å². The molecule has 0 radical (unpaired) electrons. The number of aryl methyl sites for hydroxylation is 1. The molecule has 0 amide bonds. The Hall–Kier alpha value is -3.87. The van der Waals surface area contributed by atoms with Crippen molar-refractivity contribution < 1.29 is 13.2 Å². The first-order chi connectivity index (χ1) is 18.9. The number of H-pyrrole nitrogens is 1. The number of rotatable bonds is 1.